The number of oxime groups is 1. The molecule has 0 fully saturated rings. The highest BCUT2D eigenvalue weighted by atomic mass is 16.4. The number of rotatable bonds is 1. The number of hydrogen-bond acceptors (Lipinski definition) is 2. The van der Waals surface area contributed by atoms with Gasteiger partial charge in [-0.1, -0.05) is 35.0 Å². The monoisotopic (exact) mass is 149 g/mol. The van der Waals surface area contributed by atoms with Gasteiger partial charge in [-0.25, -0.2) is 0 Å². The molecule has 0 aliphatic heterocycles. The van der Waals surface area contributed by atoms with Crippen molar-refractivity contribution < 1.29 is 5.21 Å². The normalized spacial score (nSPS) is 11.6. The van der Waals surface area contributed by atoms with Crippen LogP contribution in [0.3, 0.4) is 0 Å². The van der Waals surface area contributed by atoms with Crippen molar-refractivity contribution in [3.8, 4) is 0 Å². The van der Waals surface area contributed by atoms with E-state index in [4.69, 9.17) is 5.21 Å². The lowest BCUT2D eigenvalue weighted by Crippen LogP contribution is -1.93. The lowest BCUT2D eigenvalue weighted by atomic mass is 10.1. The van der Waals surface area contributed by atoms with E-state index in [-0.39, 0.29) is 0 Å². The SMILES string of the molecule is CC(=NO)c1ccc(C)cc1. The summed E-state index contributed by atoms with van der Waals surface area (Å²) in [5.41, 5.74) is 2.81. The highest BCUT2D eigenvalue weighted by Crippen LogP contribution is 2.03. The molecule has 0 spiro atoms. The van der Waals surface area contributed by atoms with Crippen LogP contribution >= 0.6 is 0 Å². The van der Waals surface area contributed by atoms with Gasteiger partial charge in [0.25, 0.3) is 0 Å². The van der Waals surface area contributed by atoms with Gasteiger partial charge in [0, 0.05) is 0 Å². The molecule has 0 saturated carbocycles. The first-order chi connectivity index (χ1) is 5.24. The van der Waals surface area contributed by atoms with E-state index in [0.717, 1.165) is 5.56 Å². The van der Waals surface area contributed by atoms with Crippen LogP contribution in [-0.2, 0) is 0 Å². The lowest BCUT2D eigenvalue weighted by molar-refractivity contribution is 0.319. The van der Waals surface area contributed by atoms with Gasteiger partial charge in [0.05, 0.1) is 5.71 Å². The molecule has 0 bridgehead atoms. The first-order valence-corrected chi connectivity index (χ1v) is 3.49. The highest BCUT2D eigenvalue weighted by molar-refractivity contribution is 5.98. The van der Waals surface area contributed by atoms with E-state index >= 15 is 0 Å². The van der Waals surface area contributed by atoms with E-state index in [0.29, 0.717) is 5.71 Å². The van der Waals surface area contributed by atoms with Crippen molar-refractivity contribution >= 4 is 5.71 Å². The molecule has 1 aromatic rings. The van der Waals surface area contributed by atoms with Gasteiger partial charge in [-0.15, -0.1) is 0 Å². The number of benzene rings is 1. The zero-order valence-corrected chi connectivity index (χ0v) is 6.70. The van der Waals surface area contributed by atoms with E-state index in [1.54, 1.807) is 6.92 Å². The Morgan fingerprint density at radius 3 is 2.27 bits per heavy atom. The average molecular weight is 149 g/mol. The van der Waals surface area contributed by atoms with Crippen molar-refractivity contribution in [3.63, 3.8) is 0 Å². The molecule has 0 aliphatic rings. The molecule has 1 aromatic carbocycles. The second kappa shape index (κ2) is 3.19. The fraction of sp³-hybridized carbons (Fsp3) is 0.222. The van der Waals surface area contributed by atoms with Gasteiger partial charge in [-0.05, 0) is 19.4 Å². The Morgan fingerprint density at radius 1 is 1.27 bits per heavy atom. The fourth-order valence-corrected chi connectivity index (χ4v) is 0.852. The quantitative estimate of drug-likeness (QED) is 0.370. The van der Waals surface area contributed by atoms with Gasteiger partial charge in [0.15, 0.2) is 0 Å². The largest absolute Gasteiger partial charge is 0.411 e. The first kappa shape index (κ1) is 7.79. The summed E-state index contributed by atoms with van der Waals surface area (Å²) in [5.74, 6) is 0. The zero-order chi connectivity index (χ0) is 8.27. The zero-order valence-electron chi connectivity index (χ0n) is 6.70. The van der Waals surface area contributed by atoms with Crippen molar-refractivity contribution in [2.75, 3.05) is 0 Å². The molecule has 0 unspecified atom stereocenters. The van der Waals surface area contributed by atoms with E-state index < -0.39 is 0 Å². The summed E-state index contributed by atoms with van der Waals surface area (Å²) in [6.45, 7) is 3.79. The topological polar surface area (TPSA) is 32.6 Å². The summed E-state index contributed by atoms with van der Waals surface area (Å²) in [7, 11) is 0. The van der Waals surface area contributed by atoms with Crippen LogP contribution in [0.5, 0.6) is 0 Å². The molecule has 2 heteroatoms. The first-order valence-electron chi connectivity index (χ1n) is 3.49. The van der Waals surface area contributed by atoms with Crippen LogP contribution in [0.1, 0.15) is 18.1 Å². The summed E-state index contributed by atoms with van der Waals surface area (Å²) in [6, 6.07) is 7.85. The Kier molecular flexibility index (Phi) is 2.26. The van der Waals surface area contributed by atoms with E-state index in [9.17, 15) is 0 Å². The second-order valence-corrected chi connectivity index (χ2v) is 2.55. The highest BCUT2D eigenvalue weighted by Gasteiger charge is 1.94. The van der Waals surface area contributed by atoms with E-state index in [2.05, 4.69) is 5.16 Å². The molecule has 0 aliphatic carbocycles. The molecule has 1 N–H and O–H groups in total. The maximum absolute atomic E-state index is 8.45. The fourth-order valence-electron chi connectivity index (χ4n) is 0.852. The van der Waals surface area contributed by atoms with Gasteiger partial charge in [-0.3, -0.25) is 0 Å². The molecule has 0 atom stereocenters. The van der Waals surface area contributed by atoms with Crippen LogP contribution in [-0.4, -0.2) is 10.9 Å². The maximum Gasteiger partial charge on any atom is 0.0836 e. The smallest absolute Gasteiger partial charge is 0.0836 e. The molecule has 0 amide bonds. The predicted molar refractivity (Wildman–Crippen MR) is 45.2 cm³/mol. The summed E-state index contributed by atoms with van der Waals surface area (Å²) >= 11 is 0. The summed E-state index contributed by atoms with van der Waals surface area (Å²) < 4.78 is 0. The van der Waals surface area contributed by atoms with Gasteiger partial charge < -0.3 is 5.21 Å². The molecule has 11 heavy (non-hydrogen) atoms. The van der Waals surface area contributed by atoms with Gasteiger partial charge in [0.2, 0.25) is 0 Å². The Bertz CT molecular complexity index is 261. The molecule has 58 valence electrons. The lowest BCUT2D eigenvalue weighted by Gasteiger charge is -1.97. The molecule has 0 radical (unpaired) electrons. The Labute approximate surface area is 66.2 Å². The number of nitrogens with zero attached hydrogens (tertiary/aromatic N) is 1. The van der Waals surface area contributed by atoms with Crippen LogP contribution < -0.4 is 0 Å². The van der Waals surface area contributed by atoms with Crippen molar-refractivity contribution in [1.82, 2.24) is 0 Å². The van der Waals surface area contributed by atoms with Crippen LogP contribution in [0.25, 0.3) is 0 Å². The minimum Gasteiger partial charge on any atom is -0.411 e. The van der Waals surface area contributed by atoms with Crippen molar-refractivity contribution in [2.24, 2.45) is 5.16 Å². The third-order valence-corrected chi connectivity index (χ3v) is 1.62. The van der Waals surface area contributed by atoms with Gasteiger partial charge >= 0.3 is 0 Å². The molecule has 2 nitrogen and oxygen atoms in total. The van der Waals surface area contributed by atoms with Gasteiger partial charge in [-0.2, -0.15) is 0 Å². The minimum absolute atomic E-state index is 0.644. The number of aryl methyl sites for hydroxylation is 1. The maximum atomic E-state index is 8.45. The van der Waals surface area contributed by atoms with Crippen LogP contribution in [0, 0.1) is 6.92 Å². The van der Waals surface area contributed by atoms with Crippen LogP contribution in [0.4, 0.5) is 0 Å². The van der Waals surface area contributed by atoms with E-state index in [1.165, 1.54) is 5.56 Å². The van der Waals surface area contributed by atoms with Crippen molar-refractivity contribution in [2.45, 2.75) is 13.8 Å². The molecule has 1 rings (SSSR count). The van der Waals surface area contributed by atoms with Crippen molar-refractivity contribution in [1.29, 1.82) is 0 Å². The second-order valence-electron chi connectivity index (χ2n) is 2.55. The van der Waals surface area contributed by atoms with Crippen molar-refractivity contribution in [3.05, 3.63) is 35.4 Å². The predicted octanol–water partition coefficient (Wildman–Crippen LogP) is 2.19. The van der Waals surface area contributed by atoms with E-state index in [1.807, 2.05) is 31.2 Å². The molecular weight excluding hydrogens is 138 g/mol. The molecule has 0 saturated heterocycles. The summed E-state index contributed by atoms with van der Waals surface area (Å²) in [4.78, 5) is 0. The third kappa shape index (κ3) is 1.80. The number of hydrogen-bond donors (Lipinski definition) is 1. The summed E-state index contributed by atoms with van der Waals surface area (Å²) in [5, 5.41) is 11.6. The Balaban J connectivity index is 2.99. The molecule has 0 aromatic heterocycles. The molecular formula is C9H11NO. The molecule has 0 heterocycles. The van der Waals surface area contributed by atoms with Crippen LogP contribution in [0.15, 0.2) is 29.4 Å². The average Bonchev–Trinajstić information content (AvgIpc) is 2.05. The van der Waals surface area contributed by atoms with Gasteiger partial charge in [0.1, 0.15) is 0 Å². The van der Waals surface area contributed by atoms with Crippen LogP contribution in [0.2, 0.25) is 0 Å². The summed E-state index contributed by atoms with van der Waals surface area (Å²) in [6.07, 6.45) is 0. The Morgan fingerprint density at radius 2 is 1.82 bits per heavy atom. The standard InChI is InChI=1S/C9H11NO/c1-7-3-5-9(6-4-7)8(2)10-11/h3-6,11H,1-2H3. The minimum atomic E-state index is 0.644. The Hall–Kier alpha value is -1.31. The third-order valence-electron chi connectivity index (χ3n) is 1.62.